The summed E-state index contributed by atoms with van der Waals surface area (Å²) in [5, 5.41) is 9.55. The van der Waals surface area contributed by atoms with Crippen molar-refractivity contribution in [1.29, 1.82) is 0 Å². The number of aliphatic hydroxyl groups excluding tert-OH is 1. The maximum absolute atomic E-state index is 9.07. The van der Waals surface area contributed by atoms with Gasteiger partial charge in [0.05, 0.1) is 18.1 Å². The molecular formula is C7H11ClN2O. The lowest BCUT2D eigenvalue weighted by Crippen LogP contribution is -2.08. The molecule has 62 valence electrons. The number of aromatic nitrogens is 2. The zero-order valence-electron chi connectivity index (χ0n) is 6.58. The van der Waals surface area contributed by atoms with Crippen LogP contribution >= 0.6 is 11.6 Å². The Morgan fingerprint density at radius 3 is 2.82 bits per heavy atom. The van der Waals surface area contributed by atoms with Gasteiger partial charge < -0.3 is 9.67 Å². The molecule has 0 saturated heterocycles. The number of rotatable bonds is 2. The highest BCUT2D eigenvalue weighted by Gasteiger charge is 2.08. The standard InChI is InChI=1S/C7H11ClN2O/c1-5(11)3-6-7(8)9-4-10(6)2/h4-5,11H,3H2,1-2H3/t5-/m1/s1. The van der Waals surface area contributed by atoms with Crippen LogP contribution in [-0.2, 0) is 13.5 Å². The Balaban J connectivity index is 2.83. The van der Waals surface area contributed by atoms with Gasteiger partial charge in [0.25, 0.3) is 0 Å². The fourth-order valence-corrected chi connectivity index (χ4v) is 1.19. The van der Waals surface area contributed by atoms with E-state index in [1.54, 1.807) is 13.3 Å². The molecule has 11 heavy (non-hydrogen) atoms. The molecule has 1 atom stereocenters. The third-order valence-corrected chi connectivity index (χ3v) is 1.81. The second-order valence-corrected chi connectivity index (χ2v) is 3.00. The molecule has 1 aromatic heterocycles. The highest BCUT2D eigenvalue weighted by molar-refractivity contribution is 6.30. The average molecular weight is 175 g/mol. The van der Waals surface area contributed by atoms with Crippen LogP contribution in [0, 0.1) is 0 Å². The highest BCUT2D eigenvalue weighted by Crippen LogP contribution is 2.13. The van der Waals surface area contributed by atoms with Crippen molar-refractivity contribution >= 4 is 11.6 Å². The van der Waals surface area contributed by atoms with Crippen molar-refractivity contribution < 1.29 is 5.11 Å². The number of aryl methyl sites for hydroxylation is 1. The van der Waals surface area contributed by atoms with Gasteiger partial charge >= 0.3 is 0 Å². The first-order chi connectivity index (χ1) is 5.11. The molecule has 0 bridgehead atoms. The van der Waals surface area contributed by atoms with E-state index in [1.807, 2.05) is 11.6 Å². The lowest BCUT2D eigenvalue weighted by Gasteiger charge is -2.04. The molecule has 0 amide bonds. The minimum Gasteiger partial charge on any atom is -0.393 e. The van der Waals surface area contributed by atoms with Gasteiger partial charge in [-0.15, -0.1) is 0 Å². The Labute approximate surface area is 70.6 Å². The first kappa shape index (κ1) is 8.56. The molecule has 3 nitrogen and oxygen atoms in total. The van der Waals surface area contributed by atoms with E-state index in [1.165, 1.54) is 0 Å². The van der Waals surface area contributed by atoms with E-state index < -0.39 is 0 Å². The topological polar surface area (TPSA) is 38.1 Å². The summed E-state index contributed by atoms with van der Waals surface area (Å²) in [6.07, 6.45) is 1.82. The molecule has 1 N–H and O–H groups in total. The van der Waals surface area contributed by atoms with Gasteiger partial charge in [-0.1, -0.05) is 11.6 Å². The summed E-state index contributed by atoms with van der Waals surface area (Å²) in [7, 11) is 1.86. The van der Waals surface area contributed by atoms with Gasteiger partial charge in [-0.25, -0.2) is 4.98 Å². The van der Waals surface area contributed by atoms with Gasteiger partial charge in [0.1, 0.15) is 5.15 Å². The van der Waals surface area contributed by atoms with Crippen LogP contribution in [0.4, 0.5) is 0 Å². The van der Waals surface area contributed by atoms with Crippen LogP contribution in [0.5, 0.6) is 0 Å². The molecule has 0 aliphatic rings. The molecule has 0 radical (unpaired) electrons. The lowest BCUT2D eigenvalue weighted by atomic mass is 10.2. The van der Waals surface area contributed by atoms with E-state index in [0.29, 0.717) is 11.6 Å². The first-order valence-corrected chi connectivity index (χ1v) is 3.83. The summed E-state index contributed by atoms with van der Waals surface area (Å²) in [5.41, 5.74) is 0.877. The van der Waals surface area contributed by atoms with E-state index in [0.717, 1.165) is 5.69 Å². The molecular weight excluding hydrogens is 164 g/mol. The summed E-state index contributed by atoms with van der Waals surface area (Å²) in [6, 6.07) is 0. The predicted octanol–water partition coefficient (Wildman–Crippen LogP) is 0.997. The van der Waals surface area contributed by atoms with Crippen LogP contribution in [0.1, 0.15) is 12.6 Å². The number of nitrogens with zero attached hydrogens (tertiary/aromatic N) is 2. The molecule has 0 saturated carbocycles. The van der Waals surface area contributed by atoms with Crippen molar-refractivity contribution in [2.75, 3.05) is 0 Å². The molecule has 0 unspecified atom stereocenters. The van der Waals surface area contributed by atoms with Crippen molar-refractivity contribution in [2.45, 2.75) is 19.4 Å². The zero-order valence-corrected chi connectivity index (χ0v) is 7.34. The summed E-state index contributed by atoms with van der Waals surface area (Å²) in [6.45, 7) is 1.73. The van der Waals surface area contributed by atoms with Crippen LogP contribution in [0.3, 0.4) is 0 Å². The fourth-order valence-electron chi connectivity index (χ4n) is 0.935. The lowest BCUT2D eigenvalue weighted by molar-refractivity contribution is 0.193. The Bertz CT molecular complexity index is 225. The number of aliphatic hydroxyl groups is 1. The smallest absolute Gasteiger partial charge is 0.150 e. The zero-order chi connectivity index (χ0) is 8.43. The molecule has 0 aliphatic carbocycles. The van der Waals surface area contributed by atoms with Crippen molar-refractivity contribution in [3.63, 3.8) is 0 Å². The molecule has 0 aromatic carbocycles. The Hall–Kier alpha value is -0.540. The molecule has 1 rings (SSSR count). The maximum Gasteiger partial charge on any atom is 0.150 e. The predicted molar refractivity (Wildman–Crippen MR) is 43.6 cm³/mol. The van der Waals surface area contributed by atoms with Gasteiger partial charge in [-0.3, -0.25) is 0 Å². The normalized spacial score (nSPS) is 13.5. The van der Waals surface area contributed by atoms with Crippen LogP contribution in [0.15, 0.2) is 6.33 Å². The van der Waals surface area contributed by atoms with Crippen LogP contribution in [0.2, 0.25) is 5.15 Å². The second-order valence-electron chi connectivity index (χ2n) is 2.65. The van der Waals surface area contributed by atoms with Gasteiger partial charge in [0.2, 0.25) is 0 Å². The third-order valence-electron chi connectivity index (χ3n) is 1.50. The highest BCUT2D eigenvalue weighted by atomic mass is 35.5. The van der Waals surface area contributed by atoms with Gasteiger partial charge in [0, 0.05) is 13.5 Å². The van der Waals surface area contributed by atoms with Crippen molar-refractivity contribution in [1.82, 2.24) is 9.55 Å². The van der Waals surface area contributed by atoms with Gasteiger partial charge in [-0.05, 0) is 6.92 Å². The molecule has 0 spiro atoms. The molecule has 0 aliphatic heterocycles. The SMILES string of the molecule is C[C@@H](O)Cc1c(Cl)ncn1C. The van der Waals surface area contributed by atoms with E-state index in [2.05, 4.69) is 4.98 Å². The van der Waals surface area contributed by atoms with Crippen molar-refractivity contribution in [3.05, 3.63) is 17.2 Å². The van der Waals surface area contributed by atoms with Crippen molar-refractivity contribution in [3.8, 4) is 0 Å². The van der Waals surface area contributed by atoms with Crippen molar-refractivity contribution in [2.24, 2.45) is 7.05 Å². The Morgan fingerprint density at radius 1 is 1.82 bits per heavy atom. The number of halogens is 1. The van der Waals surface area contributed by atoms with Gasteiger partial charge in [-0.2, -0.15) is 0 Å². The van der Waals surface area contributed by atoms with Crippen LogP contribution in [-0.4, -0.2) is 20.8 Å². The van der Waals surface area contributed by atoms with E-state index >= 15 is 0 Å². The van der Waals surface area contributed by atoms with E-state index in [9.17, 15) is 0 Å². The largest absolute Gasteiger partial charge is 0.393 e. The summed E-state index contributed by atoms with van der Waals surface area (Å²) >= 11 is 5.75. The Morgan fingerprint density at radius 2 is 2.45 bits per heavy atom. The number of imidazole rings is 1. The molecule has 1 aromatic rings. The van der Waals surface area contributed by atoms with Crippen LogP contribution < -0.4 is 0 Å². The monoisotopic (exact) mass is 174 g/mol. The number of hydrogen-bond acceptors (Lipinski definition) is 2. The third kappa shape index (κ3) is 1.94. The minimum atomic E-state index is -0.372. The Kier molecular flexibility index (Phi) is 2.52. The first-order valence-electron chi connectivity index (χ1n) is 3.45. The quantitative estimate of drug-likeness (QED) is 0.727. The fraction of sp³-hybridized carbons (Fsp3) is 0.571. The molecule has 0 fully saturated rings. The summed E-state index contributed by atoms with van der Waals surface area (Å²) in [5.74, 6) is 0. The average Bonchev–Trinajstić information content (AvgIpc) is 2.18. The summed E-state index contributed by atoms with van der Waals surface area (Å²) in [4.78, 5) is 3.89. The van der Waals surface area contributed by atoms with Crippen LogP contribution in [0.25, 0.3) is 0 Å². The maximum atomic E-state index is 9.07. The number of hydrogen-bond donors (Lipinski definition) is 1. The summed E-state index contributed by atoms with van der Waals surface area (Å²) < 4.78 is 1.81. The molecule has 4 heteroatoms. The molecule has 1 heterocycles. The van der Waals surface area contributed by atoms with Gasteiger partial charge in [0.15, 0.2) is 0 Å². The second kappa shape index (κ2) is 3.24. The van der Waals surface area contributed by atoms with E-state index in [-0.39, 0.29) is 6.10 Å². The minimum absolute atomic E-state index is 0.372. The van der Waals surface area contributed by atoms with E-state index in [4.69, 9.17) is 16.7 Å².